The van der Waals surface area contributed by atoms with E-state index in [0.29, 0.717) is 25.1 Å². The van der Waals surface area contributed by atoms with Crippen LogP contribution in [-0.2, 0) is 0 Å². The molecule has 0 aliphatic heterocycles. The Balaban J connectivity index is 2.70. The van der Waals surface area contributed by atoms with Gasteiger partial charge in [0.1, 0.15) is 0 Å². The average molecular weight is 292 g/mol. The summed E-state index contributed by atoms with van der Waals surface area (Å²) < 4.78 is 0. The predicted molar refractivity (Wildman–Crippen MR) is 87.7 cm³/mol. The molecule has 0 heterocycles. The fraction of sp³-hybridized carbons (Fsp3) is 0.588. The van der Waals surface area contributed by atoms with Gasteiger partial charge in [0.2, 0.25) is 0 Å². The maximum atomic E-state index is 11.8. The minimum absolute atomic E-state index is 0.0542. The van der Waals surface area contributed by atoms with E-state index in [1.165, 1.54) is 0 Å². The maximum Gasteiger partial charge on any atom is 0.164 e. The zero-order valence-electron chi connectivity index (χ0n) is 13.2. The minimum atomic E-state index is -0.680. The lowest BCUT2D eigenvalue weighted by Crippen LogP contribution is -2.36. The van der Waals surface area contributed by atoms with Crippen molar-refractivity contribution in [3.05, 3.63) is 29.8 Å². The fourth-order valence-corrected chi connectivity index (χ4v) is 2.58. The number of nitrogens with one attached hydrogen (secondary N) is 1. The number of carbonyl (C=O) groups excluding carboxylic acids is 1. The monoisotopic (exact) mass is 292 g/mol. The zero-order chi connectivity index (χ0) is 15.7. The summed E-state index contributed by atoms with van der Waals surface area (Å²) in [6.45, 7) is 5.02. The fourth-order valence-electron chi connectivity index (χ4n) is 2.58. The third-order valence-corrected chi connectivity index (χ3v) is 3.61. The Bertz CT molecular complexity index is 440. The highest BCUT2D eigenvalue weighted by atomic mass is 16.3. The van der Waals surface area contributed by atoms with E-state index < -0.39 is 5.60 Å². The Labute approximate surface area is 127 Å². The number of hydrogen-bond acceptors (Lipinski definition) is 4. The van der Waals surface area contributed by atoms with Gasteiger partial charge >= 0.3 is 0 Å². The van der Waals surface area contributed by atoms with Gasteiger partial charge in [-0.3, -0.25) is 4.79 Å². The summed E-state index contributed by atoms with van der Waals surface area (Å²) in [4.78, 5) is 11.8. The molecule has 1 aromatic carbocycles. The molecule has 1 aromatic rings. The molecule has 0 fully saturated rings. The number of hydrogen-bond donors (Lipinski definition) is 3. The van der Waals surface area contributed by atoms with Gasteiger partial charge < -0.3 is 16.2 Å². The number of aliphatic hydroxyl groups is 1. The number of benzene rings is 1. The normalized spacial score (nSPS) is 11.4. The Morgan fingerprint density at radius 1 is 1.29 bits per heavy atom. The number of Topliss-reactive ketones (excluding diaryl/α,β-unsaturated/α-hetero) is 1. The molecule has 0 amide bonds. The lowest BCUT2D eigenvalue weighted by molar-refractivity contribution is 0.0344. The molecule has 4 nitrogen and oxygen atoms in total. The van der Waals surface area contributed by atoms with Crippen LogP contribution in [0.3, 0.4) is 0 Å². The van der Waals surface area contributed by atoms with Crippen LogP contribution in [0.1, 0.15) is 56.3 Å². The molecule has 0 aliphatic carbocycles. The SMILES string of the molecule is CCCC(O)(CCC)CNc1cccc(C(=O)CCN)c1. The standard InChI is InChI=1S/C17H28N2O2/c1-3-9-17(21,10-4-2)13-19-15-7-5-6-14(12-15)16(20)8-11-18/h5-7,12,19,21H,3-4,8-11,13,18H2,1-2H3. The molecule has 0 saturated heterocycles. The van der Waals surface area contributed by atoms with E-state index in [0.717, 1.165) is 31.4 Å². The van der Waals surface area contributed by atoms with Crippen LogP contribution in [0.25, 0.3) is 0 Å². The molecule has 118 valence electrons. The highest BCUT2D eigenvalue weighted by molar-refractivity contribution is 5.97. The predicted octanol–water partition coefficient (Wildman–Crippen LogP) is 2.96. The van der Waals surface area contributed by atoms with Crippen LogP contribution in [0.15, 0.2) is 24.3 Å². The molecule has 1 rings (SSSR count). The van der Waals surface area contributed by atoms with Gasteiger partial charge in [0.15, 0.2) is 5.78 Å². The van der Waals surface area contributed by atoms with Crippen LogP contribution < -0.4 is 11.1 Å². The van der Waals surface area contributed by atoms with Crippen LogP contribution >= 0.6 is 0 Å². The van der Waals surface area contributed by atoms with Crippen LogP contribution in [0.4, 0.5) is 5.69 Å². The second-order valence-corrected chi connectivity index (χ2v) is 5.62. The summed E-state index contributed by atoms with van der Waals surface area (Å²) in [5.41, 5.74) is 6.27. The highest BCUT2D eigenvalue weighted by Crippen LogP contribution is 2.21. The zero-order valence-corrected chi connectivity index (χ0v) is 13.2. The molecular formula is C17H28N2O2. The van der Waals surface area contributed by atoms with E-state index in [-0.39, 0.29) is 5.78 Å². The van der Waals surface area contributed by atoms with E-state index >= 15 is 0 Å². The molecule has 0 aromatic heterocycles. The molecule has 4 N–H and O–H groups in total. The van der Waals surface area contributed by atoms with Gasteiger partial charge in [0.25, 0.3) is 0 Å². The topological polar surface area (TPSA) is 75.3 Å². The molecule has 4 heteroatoms. The Hall–Kier alpha value is -1.39. The van der Waals surface area contributed by atoms with Crippen molar-refractivity contribution in [1.82, 2.24) is 0 Å². The molecule has 0 radical (unpaired) electrons. The largest absolute Gasteiger partial charge is 0.388 e. The van der Waals surface area contributed by atoms with Gasteiger partial charge in [-0.2, -0.15) is 0 Å². The number of rotatable bonds is 10. The van der Waals surface area contributed by atoms with Crippen molar-refractivity contribution in [3.63, 3.8) is 0 Å². The summed E-state index contributed by atoms with van der Waals surface area (Å²) in [5.74, 6) is 0.0542. The van der Waals surface area contributed by atoms with Gasteiger partial charge in [-0.1, -0.05) is 38.8 Å². The average Bonchev–Trinajstić information content (AvgIpc) is 2.46. The Morgan fingerprint density at radius 3 is 2.52 bits per heavy atom. The lowest BCUT2D eigenvalue weighted by Gasteiger charge is -2.28. The van der Waals surface area contributed by atoms with Crippen molar-refractivity contribution in [2.45, 2.75) is 51.6 Å². The van der Waals surface area contributed by atoms with E-state index in [2.05, 4.69) is 19.2 Å². The second kappa shape index (κ2) is 8.80. The molecule has 0 saturated carbocycles. The summed E-state index contributed by atoms with van der Waals surface area (Å²) in [7, 11) is 0. The molecule has 0 spiro atoms. The number of ketones is 1. The number of carbonyl (C=O) groups is 1. The first-order chi connectivity index (χ1) is 10.0. The summed E-state index contributed by atoms with van der Waals surface area (Å²) in [6, 6.07) is 7.39. The first kappa shape index (κ1) is 17.7. The van der Waals surface area contributed by atoms with Gasteiger partial charge in [0.05, 0.1) is 5.60 Å². The van der Waals surface area contributed by atoms with E-state index in [9.17, 15) is 9.90 Å². The second-order valence-electron chi connectivity index (χ2n) is 5.62. The highest BCUT2D eigenvalue weighted by Gasteiger charge is 2.24. The molecule has 0 atom stereocenters. The number of anilines is 1. The quantitative estimate of drug-likeness (QED) is 0.580. The summed E-state index contributed by atoms with van der Waals surface area (Å²) in [5, 5.41) is 13.8. The van der Waals surface area contributed by atoms with Crippen LogP contribution in [0.2, 0.25) is 0 Å². The van der Waals surface area contributed by atoms with E-state index in [1.807, 2.05) is 18.2 Å². The van der Waals surface area contributed by atoms with Gasteiger partial charge in [-0.15, -0.1) is 0 Å². The summed E-state index contributed by atoms with van der Waals surface area (Å²) >= 11 is 0. The minimum Gasteiger partial charge on any atom is -0.388 e. The molecular weight excluding hydrogens is 264 g/mol. The maximum absolute atomic E-state index is 11.8. The van der Waals surface area contributed by atoms with Crippen molar-refractivity contribution in [3.8, 4) is 0 Å². The van der Waals surface area contributed by atoms with Gasteiger partial charge in [-0.25, -0.2) is 0 Å². The molecule has 0 bridgehead atoms. The third-order valence-electron chi connectivity index (χ3n) is 3.61. The van der Waals surface area contributed by atoms with Crippen molar-refractivity contribution < 1.29 is 9.90 Å². The Kier molecular flexibility index (Phi) is 7.40. The van der Waals surface area contributed by atoms with E-state index in [1.54, 1.807) is 6.07 Å². The van der Waals surface area contributed by atoms with Crippen LogP contribution in [0.5, 0.6) is 0 Å². The van der Waals surface area contributed by atoms with Crippen molar-refractivity contribution in [1.29, 1.82) is 0 Å². The molecule has 0 unspecified atom stereocenters. The molecule has 21 heavy (non-hydrogen) atoms. The van der Waals surface area contributed by atoms with Gasteiger partial charge in [-0.05, 0) is 31.5 Å². The first-order valence-electron chi connectivity index (χ1n) is 7.84. The van der Waals surface area contributed by atoms with Crippen molar-refractivity contribution in [2.75, 3.05) is 18.4 Å². The van der Waals surface area contributed by atoms with Crippen molar-refractivity contribution in [2.24, 2.45) is 5.73 Å². The first-order valence-corrected chi connectivity index (χ1v) is 7.84. The van der Waals surface area contributed by atoms with Crippen molar-refractivity contribution >= 4 is 11.5 Å². The summed E-state index contributed by atoms with van der Waals surface area (Å²) in [6.07, 6.45) is 3.82. The van der Waals surface area contributed by atoms with Crippen LogP contribution in [0, 0.1) is 0 Å². The smallest absolute Gasteiger partial charge is 0.164 e. The van der Waals surface area contributed by atoms with Crippen LogP contribution in [-0.4, -0.2) is 29.6 Å². The van der Waals surface area contributed by atoms with Gasteiger partial charge in [0, 0.05) is 24.2 Å². The molecule has 0 aliphatic rings. The Morgan fingerprint density at radius 2 is 1.95 bits per heavy atom. The lowest BCUT2D eigenvalue weighted by atomic mass is 9.92. The number of nitrogens with two attached hydrogens (primary N) is 1. The third kappa shape index (κ3) is 5.86. The van der Waals surface area contributed by atoms with E-state index in [4.69, 9.17) is 5.73 Å².